The van der Waals surface area contributed by atoms with E-state index < -0.39 is 16.4 Å². The lowest BCUT2D eigenvalue weighted by atomic mass is 9.91. The molecule has 1 saturated carbocycles. The molecule has 2 aliphatic rings. The minimum atomic E-state index is -0.639. The van der Waals surface area contributed by atoms with Crippen LogP contribution in [0, 0.1) is 17.8 Å². The van der Waals surface area contributed by atoms with Crippen LogP contribution in [0.2, 0.25) is 0 Å². The molecule has 0 aromatic heterocycles. The summed E-state index contributed by atoms with van der Waals surface area (Å²) in [4.78, 5) is 50.1. The van der Waals surface area contributed by atoms with Crippen LogP contribution in [0.1, 0.15) is 72.1 Å². The lowest BCUT2D eigenvalue weighted by Gasteiger charge is -2.36. The normalized spacial score (nSPS) is 25.8. The first-order valence-corrected chi connectivity index (χ1v) is 10.9. The molecule has 5 amide bonds. The molecular formula is C21H36N3O5+. The molecule has 1 saturated heterocycles. The number of quaternary nitrogens is 1. The van der Waals surface area contributed by atoms with Crippen LogP contribution in [0.4, 0.5) is 4.79 Å². The van der Waals surface area contributed by atoms with Crippen LogP contribution in [0.15, 0.2) is 0 Å². The van der Waals surface area contributed by atoms with Gasteiger partial charge in [0.15, 0.2) is 0 Å². The Bertz CT molecular complexity index is 617. The van der Waals surface area contributed by atoms with Gasteiger partial charge in [0, 0.05) is 19.3 Å². The van der Waals surface area contributed by atoms with E-state index in [1.807, 2.05) is 20.8 Å². The Hall–Kier alpha value is -1.80. The van der Waals surface area contributed by atoms with Gasteiger partial charge >= 0.3 is 11.9 Å². The van der Waals surface area contributed by atoms with E-state index in [1.54, 1.807) is 0 Å². The van der Waals surface area contributed by atoms with Crippen molar-refractivity contribution in [1.29, 1.82) is 0 Å². The smallest absolute Gasteiger partial charge is 0.286 e. The molecule has 2 rings (SSSR count). The molecule has 8 heteroatoms. The van der Waals surface area contributed by atoms with Gasteiger partial charge in [0.2, 0.25) is 12.3 Å². The number of likely N-dealkylation sites (tertiary alicyclic amines) is 1. The van der Waals surface area contributed by atoms with Crippen molar-refractivity contribution in [2.75, 3.05) is 13.1 Å². The molecule has 1 aliphatic carbocycles. The summed E-state index contributed by atoms with van der Waals surface area (Å²) in [7, 11) is 0. The lowest BCUT2D eigenvalue weighted by molar-refractivity contribution is -0.786. The average Bonchev–Trinajstić information content (AvgIpc) is 3.29. The van der Waals surface area contributed by atoms with E-state index in [0.717, 1.165) is 25.7 Å². The van der Waals surface area contributed by atoms with Crippen LogP contribution >= 0.6 is 0 Å². The number of hydrogen-bond donors (Lipinski definition) is 2. The zero-order valence-corrected chi connectivity index (χ0v) is 17.9. The van der Waals surface area contributed by atoms with Crippen molar-refractivity contribution in [3.63, 3.8) is 0 Å². The van der Waals surface area contributed by atoms with Crippen molar-refractivity contribution in [2.45, 2.75) is 78.2 Å². The van der Waals surface area contributed by atoms with Crippen LogP contribution in [0.5, 0.6) is 0 Å². The third-order valence-electron chi connectivity index (χ3n) is 6.45. The average molecular weight is 411 g/mol. The van der Waals surface area contributed by atoms with Crippen molar-refractivity contribution in [3.8, 4) is 0 Å². The molecule has 0 aromatic carbocycles. The molecule has 29 heavy (non-hydrogen) atoms. The number of urea groups is 1. The summed E-state index contributed by atoms with van der Waals surface area (Å²) in [6, 6.07) is -0.818. The van der Waals surface area contributed by atoms with Crippen LogP contribution in [0.25, 0.3) is 0 Å². The third kappa shape index (κ3) is 5.63. The Labute approximate surface area is 173 Å². The van der Waals surface area contributed by atoms with E-state index in [4.69, 9.17) is 0 Å². The van der Waals surface area contributed by atoms with Gasteiger partial charge in [-0.2, -0.15) is 4.48 Å². The molecule has 1 unspecified atom stereocenters. The molecule has 1 aliphatic heterocycles. The Kier molecular flexibility index (Phi) is 8.34. The van der Waals surface area contributed by atoms with Gasteiger partial charge in [0.1, 0.15) is 6.04 Å². The molecule has 164 valence electrons. The third-order valence-corrected chi connectivity index (χ3v) is 6.45. The predicted octanol–water partition coefficient (Wildman–Crippen LogP) is 2.84. The Morgan fingerprint density at radius 3 is 2.34 bits per heavy atom. The summed E-state index contributed by atoms with van der Waals surface area (Å²) >= 11 is 0. The lowest BCUT2D eigenvalue weighted by Crippen LogP contribution is -2.65. The van der Waals surface area contributed by atoms with Crippen LogP contribution in [-0.2, 0) is 14.4 Å². The first-order chi connectivity index (χ1) is 13.7. The number of hydrogen-bond acceptors (Lipinski definition) is 5. The van der Waals surface area contributed by atoms with Gasteiger partial charge in [-0.1, -0.05) is 39.5 Å². The molecule has 2 N–H and O–H groups in total. The van der Waals surface area contributed by atoms with Crippen molar-refractivity contribution in [2.24, 2.45) is 17.8 Å². The summed E-state index contributed by atoms with van der Waals surface area (Å²) in [6.45, 7) is 5.86. The zero-order valence-electron chi connectivity index (χ0n) is 17.9. The second-order valence-electron chi connectivity index (χ2n) is 9.18. The van der Waals surface area contributed by atoms with Gasteiger partial charge in [0.25, 0.3) is 0 Å². The van der Waals surface area contributed by atoms with Crippen LogP contribution in [0.3, 0.4) is 0 Å². The van der Waals surface area contributed by atoms with E-state index in [0.29, 0.717) is 43.2 Å². The number of carbonyl (C=O) groups excluding carboxylic acids is 4. The van der Waals surface area contributed by atoms with Crippen LogP contribution in [-0.4, -0.2) is 58.1 Å². The fourth-order valence-corrected chi connectivity index (χ4v) is 4.94. The van der Waals surface area contributed by atoms with Crippen molar-refractivity contribution >= 4 is 24.3 Å². The van der Waals surface area contributed by atoms with Crippen molar-refractivity contribution < 1.29 is 28.9 Å². The zero-order chi connectivity index (χ0) is 21.6. The second-order valence-corrected chi connectivity index (χ2v) is 9.18. The minimum Gasteiger partial charge on any atom is -0.286 e. The highest BCUT2D eigenvalue weighted by molar-refractivity contribution is 5.96. The molecule has 8 nitrogen and oxygen atoms in total. The summed E-state index contributed by atoms with van der Waals surface area (Å²) in [5, 5.41) is 12.7. The summed E-state index contributed by atoms with van der Waals surface area (Å²) in [6.07, 6.45) is 6.74. The van der Waals surface area contributed by atoms with Gasteiger partial charge < -0.3 is 0 Å². The maximum absolute atomic E-state index is 13.7. The van der Waals surface area contributed by atoms with Gasteiger partial charge in [-0.05, 0) is 25.2 Å². The van der Waals surface area contributed by atoms with Gasteiger partial charge in [0.05, 0.1) is 19.0 Å². The Morgan fingerprint density at radius 2 is 1.83 bits per heavy atom. The highest BCUT2D eigenvalue weighted by Gasteiger charge is 2.55. The van der Waals surface area contributed by atoms with Crippen molar-refractivity contribution in [3.05, 3.63) is 0 Å². The number of carbonyl (C=O) groups is 4. The number of rotatable bonds is 8. The molecule has 0 aromatic rings. The Balaban J connectivity index is 2.26. The molecule has 0 radical (unpaired) electrons. The van der Waals surface area contributed by atoms with E-state index in [1.165, 1.54) is 0 Å². The van der Waals surface area contributed by atoms with E-state index >= 15 is 0 Å². The Morgan fingerprint density at radius 1 is 1.17 bits per heavy atom. The number of amides is 5. The molecule has 0 bridgehead atoms. The highest BCUT2D eigenvalue weighted by Crippen LogP contribution is 2.35. The van der Waals surface area contributed by atoms with Crippen LogP contribution < -0.4 is 5.32 Å². The standard InChI is InChI=1S/C21H35N3O5/c1-15(2)11-19(26)22-21(28)24(10-6-7-16(24)3)20(27)18(13-23(29)14-25)12-17-8-4-5-9-17/h14-18,29H,4-13H2,1-3H3/p+1/t16-,18+,24?/m1/s1. The fourth-order valence-electron chi connectivity index (χ4n) is 4.94. The maximum atomic E-state index is 13.7. The van der Waals surface area contributed by atoms with Gasteiger partial charge in [-0.3, -0.25) is 14.8 Å². The second kappa shape index (κ2) is 10.3. The topological polar surface area (TPSA) is 104 Å². The first-order valence-electron chi connectivity index (χ1n) is 10.9. The minimum absolute atomic E-state index is 0.105. The monoisotopic (exact) mass is 410 g/mol. The quantitative estimate of drug-likeness (QED) is 0.277. The SMILES string of the molecule is CC(C)CC(=O)NC(=O)[N+]1(C(=O)[C@@H](CC2CCCC2)CN(O)C=O)CCC[C@H]1C. The number of nitrogens with one attached hydrogen (secondary N) is 1. The summed E-state index contributed by atoms with van der Waals surface area (Å²) < 4.78 is -0.423. The van der Waals surface area contributed by atoms with Gasteiger partial charge in [-0.15, -0.1) is 0 Å². The molecule has 0 spiro atoms. The maximum Gasteiger partial charge on any atom is 0.430 e. The number of nitrogens with zero attached hydrogens (tertiary/aromatic N) is 2. The van der Waals surface area contributed by atoms with E-state index in [9.17, 15) is 24.4 Å². The predicted molar refractivity (Wildman–Crippen MR) is 106 cm³/mol. The van der Waals surface area contributed by atoms with Crippen molar-refractivity contribution in [1.82, 2.24) is 10.4 Å². The number of imide groups is 2. The number of hydroxylamine groups is 2. The molecule has 1 heterocycles. The molecule has 3 atom stereocenters. The first kappa shape index (κ1) is 23.5. The van der Waals surface area contributed by atoms with E-state index in [2.05, 4.69) is 5.32 Å². The van der Waals surface area contributed by atoms with Gasteiger partial charge in [-0.25, -0.2) is 20.0 Å². The largest absolute Gasteiger partial charge is 0.430 e. The summed E-state index contributed by atoms with van der Waals surface area (Å²) in [5.74, 6) is -0.850. The van der Waals surface area contributed by atoms with E-state index in [-0.39, 0.29) is 36.7 Å². The summed E-state index contributed by atoms with van der Waals surface area (Å²) in [5.41, 5.74) is 0. The molecule has 2 fully saturated rings. The highest BCUT2D eigenvalue weighted by atomic mass is 16.5. The fraction of sp³-hybridized carbons (Fsp3) is 0.810. The molecular weight excluding hydrogens is 374 g/mol.